The normalized spacial score (nSPS) is 13.2. The lowest BCUT2D eigenvalue weighted by molar-refractivity contribution is 0.304. The lowest BCUT2D eigenvalue weighted by Gasteiger charge is -2.20. The summed E-state index contributed by atoms with van der Waals surface area (Å²) in [6.45, 7) is 1.03. The second-order valence-corrected chi connectivity index (χ2v) is 5.53. The molecule has 0 atom stereocenters. The summed E-state index contributed by atoms with van der Waals surface area (Å²) in [5.41, 5.74) is 2.91. The van der Waals surface area contributed by atoms with Crippen molar-refractivity contribution in [2.24, 2.45) is 0 Å². The Balaban J connectivity index is 2.09. The van der Waals surface area contributed by atoms with Gasteiger partial charge in [0, 0.05) is 11.5 Å². The van der Waals surface area contributed by atoms with Crippen molar-refractivity contribution in [2.45, 2.75) is 13.2 Å². The Hall–Kier alpha value is -2.26. The highest BCUT2D eigenvalue weighted by molar-refractivity contribution is 6.35. The molecule has 3 nitrogen and oxygen atoms in total. The maximum atomic E-state index is 12.3. The first-order chi connectivity index (χ1) is 10.2. The maximum absolute atomic E-state index is 12.3. The third kappa shape index (κ3) is 1.93. The number of halogens is 1. The van der Waals surface area contributed by atoms with Gasteiger partial charge in [-0.25, -0.2) is 0 Å². The van der Waals surface area contributed by atoms with Gasteiger partial charge >= 0.3 is 0 Å². The molecule has 2 aromatic carbocycles. The summed E-state index contributed by atoms with van der Waals surface area (Å²) in [7, 11) is 0. The van der Waals surface area contributed by atoms with Crippen LogP contribution in [-0.2, 0) is 13.2 Å². The van der Waals surface area contributed by atoms with Crippen LogP contribution >= 0.6 is 11.6 Å². The Morgan fingerprint density at radius 3 is 2.67 bits per heavy atom. The molecule has 0 aliphatic carbocycles. The topological polar surface area (TPSA) is 31.2 Å². The fraction of sp³-hybridized carbons (Fsp3) is 0.118. The van der Waals surface area contributed by atoms with Crippen molar-refractivity contribution in [2.75, 3.05) is 0 Å². The van der Waals surface area contributed by atoms with Crippen molar-refractivity contribution < 1.29 is 4.74 Å². The summed E-state index contributed by atoms with van der Waals surface area (Å²) >= 11 is 6.26. The average molecular weight is 298 g/mol. The number of aromatic nitrogens is 1. The Bertz CT molecular complexity index is 914. The summed E-state index contributed by atoms with van der Waals surface area (Å²) < 4.78 is 7.65. The highest BCUT2D eigenvalue weighted by atomic mass is 35.5. The minimum absolute atomic E-state index is 0.0497. The maximum Gasteiger partial charge on any atom is 0.251 e. The largest absolute Gasteiger partial charge is 0.487 e. The average Bonchev–Trinajstić information content (AvgIpc) is 2.48. The van der Waals surface area contributed by atoms with Gasteiger partial charge in [0.1, 0.15) is 12.4 Å². The van der Waals surface area contributed by atoms with Gasteiger partial charge in [-0.15, -0.1) is 0 Å². The Morgan fingerprint density at radius 2 is 1.81 bits per heavy atom. The van der Waals surface area contributed by atoms with Crippen LogP contribution in [0.1, 0.15) is 11.1 Å². The van der Waals surface area contributed by atoms with Crippen LogP contribution in [-0.4, -0.2) is 4.57 Å². The van der Waals surface area contributed by atoms with Crippen LogP contribution < -0.4 is 10.3 Å². The van der Waals surface area contributed by atoms with Gasteiger partial charge in [0.15, 0.2) is 0 Å². The molecule has 0 saturated heterocycles. The molecule has 0 unspecified atom stereocenters. The first-order valence-electron chi connectivity index (χ1n) is 6.76. The predicted octanol–water partition coefficient (Wildman–Crippen LogP) is 3.60. The van der Waals surface area contributed by atoms with E-state index in [0.29, 0.717) is 23.9 Å². The first-order valence-corrected chi connectivity index (χ1v) is 7.13. The molecule has 1 aromatic heterocycles. The molecular weight excluding hydrogens is 286 g/mol. The van der Waals surface area contributed by atoms with Crippen LogP contribution in [0.2, 0.25) is 5.02 Å². The third-order valence-electron chi connectivity index (χ3n) is 3.89. The first kappa shape index (κ1) is 12.5. The molecule has 1 aliphatic rings. The van der Waals surface area contributed by atoms with E-state index in [4.69, 9.17) is 16.3 Å². The standard InChI is InChI=1S/C17H12ClNO2/c18-14-6-7-15-17-13(14)5-8-16(20)19(17)9-11-3-1-2-4-12(11)10-21-15/h1-8H,9-10H2. The van der Waals surface area contributed by atoms with Gasteiger partial charge in [-0.3, -0.25) is 4.79 Å². The fourth-order valence-corrected chi connectivity index (χ4v) is 3.02. The van der Waals surface area contributed by atoms with Gasteiger partial charge < -0.3 is 9.30 Å². The molecule has 0 spiro atoms. The second-order valence-electron chi connectivity index (χ2n) is 5.12. The van der Waals surface area contributed by atoms with E-state index >= 15 is 0 Å². The molecule has 0 radical (unpaired) electrons. The lowest BCUT2D eigenvalue weighted by atomic mass is 10.1. The molecule has 0 fully saturated rings. The minimum Gasteiger partial charge on any atom is -0.487 e. The van der Waals surface area contributed by atoms with Crippen LogP contribution in [0.3, 0.4) is 0 Å². The van der Waals surface area contributed by atoms with Crippen molar-refractivity contribution in [1.29, 1.82) is 0 Å². The van der Waals surface area contributed by atoms with Gasteiger partial charge in [-0.05, 0) is 29.3 Å². The number of hydrogen-bond acceptors (Lipinski definition) is 2. The molecule has 104 valence electrons. The molecule has 0 N–H and O–H groups in total. The van der Waals surface area contributed by atoms with E-state index in [1.54, 1.807) is 16.7 Å². The zero-order valence-electron chi connectivity index (χ0n) is 11.2. The van der Waals surface area contributed by atoms with E-state index in [1.807, 2.05) is 36.4 Å². The lowest BCUT2D eigenvalue weighted by Crippen LogP contribution is -2.22. The molecule has 4 rings (SSSR count). The number of ether oxygens (including phenoxy) is 1. The Morgan fingerprint density at radius 1 is 1.00 bits per heavy atom. The zero-order chi connectivity index (χ0) is 14.4. The number of rotatable bonds is 0. The monoisotopic (exact) mass is 297 g/mol. The molecule has 21 heavy (non-hydrogen) atoms. The van der Waals surface area contributed by atoms with Crippen LogP contribution in [0.25, 0.3) is 10.9 Å². The molecule has 0 bridgehead atoms. The quantitative estimate of drug-likeness (QED) is 0.635. The van der Waals surface area contributed by atoms with Gasteiger partial charge in [-0.1, -0.05) is 35.9 Å². The van der Waals surface area contributed by atoms with Crippen molar-refractivity contribution in [3.05, 3.63) is 75.0 Å². The molecule has 3 aromatic rings. The van der Waals surface area contributed by atoms with E-state index in [1.165, 1.54) is 0 Å². The van der Waals surface area contributed by atoms with E-state index in [-0.39, 0.29) is 5.56 Å². The van der Waals surface area contributed by atoms with Gasteiger partial charge in [0.2, 0.25) is 0 Å². The predicted molar refractivity (Wildman–Crippen MR) is 83.1 cm³/mol. The highest BCUT2D eigenvalue weighted by Gasteiger charge is 2.16. The third-order valence-corrected chi connectivity index (χ3v) is 4.21. The van der Waals surface area contributed by atoms with E-state index in [0.717, 1.165) is 22.0 Å². The van der Waals surface area contributed by atoms with Crippen molar-refractivity contribution in [3.8, 4) is 5.75 Å². The number of fused-ring (bicyclic) bond motifs is 1. The number of pyridine rings is 1. The summed E-state index contributed by atoms with van der Waals surface area (Å²) in [6, 6.07) is 15.0. The smallest absolute Gasteiger partial charge is 0.251 e. The van der Waals surface area contributed by atoms with Gasteiger partial charge in [-0.2, -0.15) is 0 Å². The van der Waals surface area contributed by atoms with E-state index in [2.05, 4.69) is 0 Å². The van der Waals surface area contributed by atoms with Gasteiger partial charge in [0.25, 0.3) is 5.56 Å². The van der Waals surface area contributed by atoms with Crippen molar-refractivity contribution in [1.82, 2.24) is 4.57 Å². The van der Waals surface area contributed by atoms with E-state index in [9.17, 15) is 4.79 Å². The van der Waals surface area contributed by atoms with Crippen molar-refractivity contribution >= 4 is 22.5 Å². The van der Waals surface area contributed by atoms with Crippen LogP contribution in [0, 0.1) is 0 Å². The molecule has 4 heteroatoms. The highest BCUT2D eigenvalue weighted by Crippen LogP contribution is 2.32. The Kier molecular flexibility index (Phi) is 2.76. The van der Waals surface area contributed by atoms with E-state index < -0.39 is 0 Å². The fourth-order valence-electron chi connectivity index (χ4n) is 2.81. The zero-order valence-corrected chi connectivity index (χ0v) is 11.9. The van der Waals surface area contributed by atoms with Crippen LogP contribution in [0.4, 0.5) is 0 Å². The molecule has 0 saturated carbocycles. The molecule has 2 heterocycles. The summed E-state index contributed by atoms with van der Waals surface area (Å²) in [5.74, 6) is 0.696. The summed E-state index contributed by atoms with van der Waals surface area (Å²) in [5, 5.41) is 1.47. The van der Waals surface area contributed by atoms with Gasteiger partial charge in [0.05, 0.1) is 17.1 Å². The molecule has 0 amide bonds. The van der Waals surface area contributed by atoms with Crippen LogP contribution in [0.5, 0.6) is 5.75 Å². The second kappa shape index (κ2) is 4.64. The summed E-state index contributed by atoms with van der Waals surface area (Å²) in [4.78, 5) is 12.3. The molecular formula is C17H12ClNO2. The SMILES string of the molecule is O=c1ccc2c(Cl)ccc3c2n1Cc1ccccc1CO3. The number of hydrogen-bond donors (Lipinski definition) is 0. The molecule has 1 aliphatic heterocycles. The summed E-state index contributed by atoms with van der Waals surface area (Å²) in [6.07, 6.45) is 0. The Labute approximate surface area is 126 Å². The minimum atomic E-state index is -0.0497. The van der Waals surface area contributed by atoms with Crippen molar-refractivity contribution in [3.63, 3.8) is 0 Å². The number of benzene rings is 2. The van der Waals surface area contributed by atoms with Crippen LogP contribution in [0.15, 0.2) is 53.3 Å². The number of nitrogens with zero attached hydrogens (tertiary/aromatic N) is 1.